The number of nitrogens with one attached hydrogen (secondary N) is 2. The normalized spacial score (nSPS) is 11.8. The van der Waals surface area contributed by atoms with E-state index in [2.05, 4.69) is 52.6 Å². The van der Waals surface area contributed by atoms with E-state index in [-0.39, 0.29) is 11.9 Å². The highest BCUT2D eigenvalue weighted by molar-refractivity contribution is 7.17. The van der Waals surface area contributed by atoms with Crippen LogP contribution in [0.1, 0.15) is 43.7 Å². The zero-order valence-corrected chi connectivity index (χ0v) is 16.1. The second-order valence-corrected chi connectivity index (χ2v) is 7.21. The van der Waals surface area contributed by atoms with Crippen molar-refractivity contribution in [3.63, 3.8) is 0 Å². The SMILES string of the molecule is CNc1nc(C)c(C(=O)N[C@@H](c2ccncc2)c2ccc(C)c(C)c2)s1. The zero-order chi connectivity index (χ0) is 18.7. The Balaban J connectivity index is 1.97. The maximum atomic E-state index is 12.9. The molecule has 0 aliphatic heterocycles. The van der Waals surface area contributed by atoms with Crippen molar-refractivity contribution in [2.75, 3.05) is 12.4 Å². The third-order valence-corrected chi connectivity index (χ3v) is 5.57. The van der Waals surface area contributed by atoms with E-state index in [4.69, 9.17) is 0 Å². The van der Waals surface area contributed by atoms with E-state index in [0.29, 0.717) is 4.88 Å². The summed E-state index contributed by atoms with van der Waals surface area (Å²) in [6.45, 7) is 6.01. The topological polar surface area (TPSA) is 66.9 Å². The molecule has 2 aromatic heterocycles. The van der Waals surface area contributed by atoms with Gasteiger partial charge >= 0.3 is 0 Å². The number of anilines is 1. The van der Waals surface area contributed by atoms with E-state index in [1.807, 2.05) is 19.1 Å². The lowest BCUT2D eigenvalue weighted by atomic mass is 9.96. The van der Waals surface area contributed by atoms with Crippen molar-refractivity contribution in [2.24, 2.45) is 0 Å². The van der Waals surface area contributed by atoms with Crippen LogP contribution in [0.5, 0.6) is 0 Å². The first-order valence-electron chi connectivity index (χ1n) is 8.42. The third-order valence-electron chi connectivity index (χ3n) is 4.40. The van der Waals surface area contributed by atoms with E-state index < -0.39 is 0 Å². The fourth-order valence-electron chi connectivity index (χ4n) is 2.77. The molecule has 1 amide bonds. The van der Waals surface area contributed by atoms with Gasteiger partial charge in [-0.25, -0.2) is 4.98 Å². The van der Waals surface area contributed by atoms with Crippen molar-refractivity contribution in [3.8, 4) is 0 Å². The highest BCUT2D eigenvalue weighted by Crippen LogP contribution is 2.27. The molecule has 0 radical (unpaired) electrons. The van der Waals surface area contributed by atoms with Gasteiger partial charge in [-0.3, -0.25) is 9.78 Å². The molecule has 5 nitrogen and oxygen atoms in total. The van der Waals surface area contributed by atoms with Crippen LogP contribution < -0.4 is 10.6 Å². The minimum atomic E-state index is -0.246. The van der Waals surface area contributed by atoms with Gasteiger partial charge in [0.1, 0.15) is 4.88 Å². The number of aromatic nitrogens is 2. The maximum Gasteiger partial charge on any atom is 0.264 e. The molecule has 0 aliphatic carbocycles. The Morgan fingerprint density at radius 2 is 1.77 bits per heavy atom. The molecule has 2 N–H and O–H groups in total. The Kier molecular flexibility index (Phi) is 5.32. The van der Waals surface area contributed by atoms with Crippen molar-refractivity contribution in [1.29, 1.82) is 0 Å². The van der Waals surface area contributed by atoms with Crippen LogP contribution in [0.3, 0.4) is 0 Å². The summed E-state index contributed by atoms with van der Waals surface area (Å²) >= 11 is 1.36. The average molecular weight is 366 g/mol. The van der Waals surface area contributed by atoms with Gasteiger partial charge in [-0.2, -0.15) is 0 Å². The Bertz CT molecular complexity index is 921. The molecule has 0 fully saturated rings. The number of hydrogen-bond donors (Lipinski definition) is 2. The van der Waals surface area contributed by atoms with Gasteiger partial charge in [0.25, 0.3) is 5.91 Å². The lowest BCUT2D eigenvalue weighted by Gasteiger charge is -2.20. The summed E-state index contributed by atoms with van der Waals surface area (Å²) in [5, 5.41) is 6.89. The molecule has 3 aromatic rings. The number of carbonyl (C=O) groups is 1. The number of benzene rings is 1. The molecule has 0 bridgehead atoms. The van der Waals surface area contributed by atoms with E-state index in [1.165, 1.54) is 22.5 Å². The maximum absolute atomic E-state index is 12.9. The summed E-state index contributed by atoms with van der Waals surface area (Å²) in [7, 11) is 1.80. The minimum Gasteiger partial charge on any atom is -0.365 e. The molecule has 2 heterocycles. The van der Waals surface area contributed by atoms with Crippen molar-refractivity contribution < 1.29 is 4.79 Å². The number of pyridine rings is 1. The molecule has 0 aliphatic rings. The first-order valence-corrected chi connectivity index (χ1v) is 9.24. The molecule has 0 spiro atoms. The van der Waals surface area contributed by atoms with Crippen LogP contribution >= 0.6 is 11.3 Å². The molecule has 134 valence electrons. The molecule has 0 saturated heterocycles. The van der Waals surface area contributed by atoms with Crippen LogP contribution in [0.25, 0.3) is 0 Å². The van der Waals surface area contributed by atoms with Gasteiger partial charge in [-0.05, 0) is 55.2 Å². The summed E-state index contributed by atoms with van der Waals surface area (Å²) in [6.07, 6.45) is 3.49. The monoisotopic (exact) mass is 366 g/mol. The number of nitrogens with zero attached hydrogens (tertiary/aromatic N) is 2. The van der Waals surface area contributed by atoms with Gasteiger partial charge in [0.2, 0.25) is 0 Å². The van der Waals surface area contributed by atoms with Crippen molar-refractivity contribution >= 4 is 22.4 Å². The zero-order valence-electron chi connectivity index (χ0n) is 15.3. The molecule has 6 heteroatoms. The lowest BCUT2D eigenvalue weighted by Crippen LogP contribution is -2.29. The molecule has 0 unspecified atom stereocenters. The van der Waals surface area contributed by atoms with Gasteiger partial charge in [0.15, 0.2) is 5.13 Å². The molecule has 1 atom stereocenters. The number of aryl methyl sites for hydroxylation is 3. The summed E-state index contributed by atoms with van der Waals surface area (Å²) in [6, 6.07) is 9.88. The van der Waals surface area contributed by atoms with Gasteiger partial charge < -0.3 is 10.6 Å². The van der Waals surface area contributed by atoms with Crippen LogP contribution in [0, 0.1) is 20.8 Å². The smallest absolute Gasteiger partial charge is 0.264 e. The van der Waals surface area contributed by atoms with Gasteiger partial charge in [-0.15, -0.1) is 0 Å². The number of thiazole rings is 1. The van der Waals surface area contributed by atoms with Crippen LogP contribution in [0.4, 0.5) is 5.13 Å². The Hall–Kier alpha value is -2.73. The predicted octanol–water partition coefficient (Wildman–Crippen LogP) is 4.02. The van der Waals surface area contributed by atoms with E-state index in [9.17, 15) is 4.79 Å². The largest absolute Gasteiger partial charge is 0.365 e. The highest BCUT2D eigenvalue weighted by atomic mass is 32.1. The Morgan fingerprint density at radius 1 is 1.04 bits per heavy atom. The van der Waals surface area contributed by atoms with Crippen molar-refractivity contribution in [3.05, 3.63) is 75.6 Å². The standard InChI is InChI=1S/C20H22N4OS/c1-12-5-6-16(11-13(12)2)17(15-7-9-22-10-8-15)24-19(25)18-14(3)23-20(21-4)26-18/h5-11,17H,1-4H3,(H,21,23)(H,24,25)/t17-/m0/s1. The first-order chi connectivity index (χ1) is 12.5. The quantitative estimate of drug-likeness (QED) is 0.716. The molecular formula is C20H22N4OS. The molecule has 3 rings (SSSR count). The van der Waals surface area contributed by atoms with Crippen molar-refractivity contribution in [1.82, 2.24) is 15.3 Å². The number of carbonyl (C=O) groups excluding carboxylic acids is 1. The Labute approximate surface area is 157 Å². The van der Waals surface area contributed by atoms with E-state index in [1.54, 1.807) is 19.4 Å². The molecule has 0 saturated carbocycles. The van der Waals surface area contributed by atoms with E-state index >= 15 is 0 Å². The summed E-state index contributed by atoms with van der Waals surface area (Å²) in [5.74, 6) is -0.124. The molecule has 26 heavy (non-hydrogen) atoms. The van der Waals surface area contributed by atoms with Gasteiger partial charge in [-0.1, -0.05) is 29.5 Å². The predicted molar refractivity (Wildman–Crippen MR) is 106 cm³/mol. The van der Waals surface area contributed by atoms with Crippen LogP contribution in [0.2, 0.25) is 0 Å². The second-order valence-electron chi connectivity index (χ2n) is 6.21. The molecule has 1 aromatic carbocycles. The fourth-order valence-corrected chi connectivity index (χ4v) is 3.59. The highest BCUT2D eigenvalue weighted by Gasteiger charge is 2.21. The Morgan fingerprint density at radius 3 is 2.38 bits per heavy atom. The average Bonchev–Trinajstić information content (AvgIpc) is 3.04. The van der Waals surface area contributed by atoms with Gasteiger partial charge in [0.05, 0.1) is 11.7 Å². The first kappa shape index (κ1) is 18.1. The third kappa shape index (κ3) is 3.75. The number of hydrogen-bond acceptors (Lipinski definition) is 5. The molecular weight excluding hydrogens is 344 g/mol. The summed E-state index contributed by atoms with van der Waals surface area (Å²) < 4.78 is 0. The summed E-state index contributed by atoms with van der Waals surface area (Å²) in [5.41, 5.74) is 5.19. The minimum absolute atomic E-state index is 0.124. The van der Waals surface area contributed by atoms with Crippen LogP contribution in [-0.2, 0) is 0 Å². The van der Waals surface area contributed by atoms with Crippen LogP contribution in [-0.4, -0.2) is 22.9 Å². The van der Waals surface area contributed by atoms with Gasteiger partial charge in [0, 0.05) is 19.4 Å². The van der Waals surface area contributed by atoms with Crippen LogP contribution in [0.15, 0.2) is 42.7 Å². The number of rotatable bonds is 5. The lowest BCUT2D eigenvalue weighted by molar-refractivity contribution is 0.0946. The second kappa shape index (κ2) is 7.66. The summed E-state index contributed by atoms with van der Waals surface area (Å²) in [4.78, 5) is 22.0. The van der Waals surface area contributed by atoms with E-state index in [0.717, 1.165) is 22.0 Å². The number of amides is 1. The van der Waals surface area contributed by atoms with Crippen molar-refractivity contribution in [2.45, 2.75) is 26.8 Å². The fraction of sp³-hybridized carbons (Fsp3) is 0.250.